The highest BCUT2D eigenvalue weighted by Gasteiger charge is 2.13. The van der Waals surface area contributed by atoms with Gasteiger partial charge in [-0.3, -0.25) is 0 Å². The van der Waals surface area contributed by atoms with Crippen LogP contribution in [0.15, 0.2) is 35.7 Å². The van der Waals surface area contributed by atoms with Crippen LogP contribution in [0, 0.1) is 6.92 Å². The van der Waals surface area contributed by atoms with Crippen LogP contribution in [0.25, 0.3) is 10.6 Å². The Labute approximate surface area is 131 Å². The SMILES string of the molecule is Cc1[nH]c(Cc2c(Cl)cccc2Cl)nc1-c1cccs1. The molecule has 1 aromatic carbocycles. The third-order valence-corrected chi connectivity index (χ3v) is 4.68. The number of halogens is 2. The number of hydrogen-bond donors (Lipinski definition) is 1. The maximum absolute atomic E-state index is 6.20. The van der Waals surface area contributed by atoms with Gasteiger partial charge in [-0.05, 0) is 36.1 Å². The Morgan fingerprint density at radius 2 is 1.90 bits per heavy atom. The number of imidazole rings is 1. The largest absolute Gasteiger partial charge is 0.345 e. The minimum absolute atomic E-state index is 0.602. The summed E-state index contributed by atoms with van der Waals surface area (Å²) in [5.41, 5.74) is 2.96. The number of H-pyrrole nitrogens is 1. The van der Waals surface area contributed by atoms with Crippen LogP contribution < -0.4 is 0 Å². The summed E-state index contributed by atoms with van der Waals surface area (Å²) in [6, 6.07) is 9.63. The molecule has 3 rings (SSSR count). The van der Waals surface area contributed by atoms with E-state index in [9.17, 15) is 0 Å². The lowest BCUT2D eigenvalue weighted by molar-refractivity contribution is 1.02. The maximum atomic E-state index is 6.20. The first-order valence-corrected chi connectivity index (χ1v) is 7.81. The predicted molar refractivity (Wildman–Crippen MR) is 85.9 cm³/mol. The maximum Gasteiger partial charge on any atom is 0.111 e. The van der Waals surface area contributed by atoms with E-state index in [4.69, 9.17) is 23.2 Å². The fraction of sp³-hybridized carbons (Fsp3) is 0.133. The second-order valence-electron chi connectivity index (χ2n) is 4.51. The number of aryl methyl sites for hydroxylation is 1. The van der Waals surface area contributed by atoms with Crippen LogP contribution in [0.3, 0.4) is 0 Å². The van der Waals surface area contributed by atoms with Crippen molar-refractivity contribution in [2.24, 2.45) is 0 Å². The third-order valence-electron chi connectivity index (χ3n) is 3.09. The van der Waals surface area contributed by atoms with Crippen molar-refractivity contribution in [3.05, 3.63) is 62.8 Å². The Balaban J connectivity index is 1.95. The molecule has 0 atom stereocenters. The number of nitrogens with zero attached hydrogens (tertiary/aromatic N) is 1. The van der Waals surface area contributed by atoms with E-state index < -0.39 is 0 Å². The molecule has 2 nitrogen and oxygen atoms in total. The van der Waals surface area contributed by atoms with E-state index in [0.29, 0.717) is 16.5 Å². The molecule has 0 amide bonds. The van der Waals surface area contributed by atoms with Crippen molar-refractivity contribution in [1.29, 1.82) is 0 Å². The van der Waals surface area contributed by atoms with Crippen LogP contribution in [0.5, 0.6) is 0 Å². The summed E-state index contributed by atoms with van der Waals surface area (Å²) in [7, 11) is 0. The number of thiophene rings is 1. The lowest BCUT2D eigenvalue weighted by Gasteiger charge is -2.04. The van der Waals surface area contributed by atoms with E-state index in [1.165, 1.54) is 0 Å². The molecule has 0 saturated carbocycles. The van der Waals surface area contributed by atoms with Crippen molar-refractivity contribution in [3.63, 3.8) is 0 Å². The molecular formula is C15H12Cl2N2S. The van der Waals surface area contributed by atoms with Gasteiger partial charge in [0, 0.05) is 22.2 Å². The lowest BCUT2D eigenvalue weighted by Crippen LogP contribution is -1.93. The predicted octanol–water partition coefficient (Wildman–Crippen LogP) is 5.34. The Hall–Kier alpha value is -1.29. The Bertz CT molecular complexity index is 712. The second-order valence-corrected chi connectivity index (χ2v) is 6.27. The zero-order valence-corrected chi connectivity index (χ0v) is 13.1. The summed E-state index contributed by atoms with van der Waals surface area (Å²) < 4.78 is 0. The molecule has 2 aromatic heterocycles. The first-order valence-electron chi connectivity index (χ1n) is 6.17. The summed E-state index contributed by atoms with van der Waals surface area (Å²) in [5.74, 6) is 0.876. The number of aromatic nitrogens is 2. The van der Waals surface area contributed by atoms with Crippen molar-refractivity contribution in [1.82, 2.24) is 9.97 Å². The highest BCUT2D eigenvalue weighted by Crippen LogP contribution is 2.29. The van der Waals surface area contributed by atoms with E-state index in [2.05, 4.69) is 16.0 Å². The molecule has 0 aliphatic heterocycles. The monoisotopic (exact) mass is 322 g/mol. The molecule has 3 aromatic rings. The Kier molecular flexibility index (Phi) is 3.83. The van der Waals surface area contributed by atoms with E-state index >= 15 is 0 Å². The fourth-order valence-electron chi connectivity index (χ4n) is 2.13. The van der Waals surface area contributed by atoms with Gasteiger partial charge in [0.25, 0.3) is 0 Å². The van der Waals surface area contributed by atoms with Crippen LogP contribution in [-0.2, 0) is 6.42 Å². The van der Waals surface area contributed by atoms with Gasteiger partial charge in [0.15, 0.2) is 0 Å². The molecule has 0 spiro atoms. The van der Waals surface area contributed by atoms with Gasteiger partial charge in [-0.25, -0.2) is 4.98 Å². The number of rotatable bonds is 3. The van der Waals surface area contributed by atoms with E-state index in [1.54, 1.807) is 11.3 Å². The molecule has 5 heteroatoms. The van der Waals surface area contributed by atoms with Gasteiger partial charge in [0.1, 0.15) is 11.5 Å². The second kappa shape index (κ2) is 5.60. The molecule has 0 saturated heterocycles. The van der Waals surface area contributed by atoms with Gasteiger partial charge >= 0.3 is 0 Å². The molecule has 1 N–H and O–H groups in total. The Morgan fingerprint density at radius 1 is 1.15 bits per heavy atom. The minimum Gasteiger partial charge on any atom is -0.345 e. The molecule has 2 heterocycles. The van der Waals surface area contributed by atoms with E-state index in [1.807, 2.05) is 36.6 Å². The number of aromatic amines is 1. The molecule has 0 radical (unpaired) electrons. The van der Waals surface area contributed by atoms with Crippen molar-refractivity contribution < 1.29 is 0 Å². The summed E-state index contributed by atoms with van der Waals surface area (Å²) in [5, 5.41) is 3.39. The molecule has 0 bridgehead atoms. The van der Waals surface area contributed by atoms with Gasteiger partial charge < -0.3 is 4.98 Å². The summed E-state index contributed by atoms with van der Waals surface area (Å²) in [6.45, 7) is 2.03. The normalized spacial score (nSPS) is 10.9. The zero-order valence-electron chi connectivity index (χ0n) is 10.8. The van der Waals surface area contributed by atoms with E-state index in [0.717, 1.165) is 27.7 Å². The lowest BCUT2D eigenvalue weighted by atomic mass is 10.1. The summed E-state index contributed by atoms with van der Waals surface area (Å²) in [6.07, 6.45) is 0.602. The van der Waals surface area contributed by atoms with Gasteiger partial charge in [-0.1, -0.05) is 35.3 Å². The highest BCUT2D eigenvalue weighted by atomic mass is 35.5. The van der Waals surface area contributed by atoms with Crippen LogP contribution >= 0.6 is 34.5 Å². The van der Waals surface area contributed by atoms with Gasteiger partial charge in [0.05, 0.1) is 4.88 Å². The smallest absolute Gasteiger partial charge is 0.111 e. The van der Waals surface area contributed by atoms with Crippen molar-refractivity contribution in [3.8, 4) is 10.6 Å². The Morgan fingerprint density at radius 3 is 2.55 bits per heavy atom. The number of nitrogens with one attached hydrogen (secondary N) is 1. The molecule has 0 fully saturated rings. The molecule has 20 heavy (non-hydrogen) atoms. The van der Waals surface area contributed by atoms with Crippen LogP contribution in [0.2, 0.25) is 10.0 Å². The van der Waals surface area contributed by atoms with Gasteiger partial charge in [-0.15, -0.1) is 11.3 Å². The molecule has 0 aliphatic carbocycles. The zero-order chi connectivity index (χ0) is 14.1. The summed E-state index contributed by atoms with van der Waals surface area (Å²) >= 11 is 14.1. The average Bonchev–Trinajstić information content (AvgIpc) is 3.03. The standard InChI is InChI=1S/C15H12Cl2N2S/c1-9-15(13-6-3-7-20-13)19-14(18-9)8-10-11(16)4-2-5-12(10)17/h2-7H,8H2,1H3,(H,18,19). The number of hydrogen-bond acceptors (Lipinski definition) is 2. The molecule has 102 valence electrons. The van der Waals surface area contributed by atoms with Crippen molar-refractivity contribution in [2.75, 3.05) is 0 Å². The quantitative estimate of drug-likeness (QED) is 0.692. The van der Waals surface area contributed by atoms with Gasteiger partial charge in [0.2, 0.25) is 0 Å². The number of benzene rings is 1. The fourth-order valence-corrected chi connectivity index (χ4v) is 3.43. The summed E-state index contributed by atoms with van der Waals surface area (Å²) in [4.78, 5) is 9.14. The van der Waals surface area contributed by atoms with Crippen molar-refractivity contribution in [2.45, 2.75) is 13.3 Å². The molecular weight excluding hydrogens is 311 g/mol. The topological polar surface area (TPSA) is 28.7 Å². The van der Waals surface area contributed by atoms with Crippen molar-refractivity contribution >= 4 is 34.5 Å². The minimum atomic E-state index is 0.602. The highest BCUT2D eigenvalue weighted by molar-refractivity contribution is 7.13. The molecule has 0 aliphatic rings. The first-order chi connectivity index (χ1) is 9.65. The van der Waals surface area contributed by atoms with Crippen LogP contribution in [0.4, 0.5) is 0 Å². The average molecular weight is 323 g/mol. The van der Waals surface area contributed by atoms with E-state index in [-0.39, 0.29) is 0 Å². The van der Waals surface area contributed by atoms with Crippen LogP contribution in [-0.4, -0.2) is 9.97 Å². The first kappa shape index (κ1) is 13.7. The third kappa shape index (κ3) is 2.62. The van der Waals surface area contributed by atoms with Crippen LogP contribution in [0.1, 0.15) is 17.1 Å². The molecule has 0 unspecified atom stereocenters. The van der Waals surface area contributed by atoms with Gasteiger partial charge in [-0.2, -0.15) is 0 Å².